The molecule has 1 atom stereocenters. The molecular formula is C23H30N4O3. The Balaban J connectivity index is 1.89. The molecule has 1 fully saturated rings. The number of benzene rings is 2. The van der Waals surface area contributed by atoms with Gasteiger partial charge < -0.3 is 20.6 Å². The van der Waals surface area contributed by atoms with Gasteiger partial charge in [0, 0.05) is 50.5 Å². The molecule has 3 rings (SSSR count). The highest BCUT2D eigenvalue weighted by molar-refractivity contribution is 5.94. The third-order valence-electron chi connectivity index (χ3n) is 5.70. The van der Waals surface area contributed by atoms with Crippen LogP contribution in [-0.4, -0.2) is 71.1 Å². The summed E-state index contributed by atoms with van der Waals surface area (Å²) in [6, 6.07) is 15.5. The average Bonchev–Trinajstić information content (AvgIpc) is 2.75. The molecule has 0 aromatic heterocycles. The maximum Gasteiger partial charge on any atom is 0.407 e. The van der Waals surface area contributed by atoms with Gasteiger partial charge in [0.1, 0.15) is 0 Å². The predicted molar refractivity (Wildman–Crippen MR) is 118 cm³/mol. The van der Waals surface area contributed by atoms with Crippen molar-refractivity contribution < 1.29 is 14.7 Å². The van der Waals surface area contributed by atoms with Crippen molar-refractivity contribution >= 4 is 17.7 Å². The summed E-state index contributed by atoms with van der Waals surface area (Å²) in [5.74, 6) is 0.0297. The fraction of sp³-hybridized carbons (Fsp3) is 0.391. The Hall–Kier alpha value is -3.06. The van der Waals surface area contributed by atoms with Crippen molar-refractivity contribution in [3.8, 4) is 0 Å². The van der Waals surface area contributed by atoms with E-state index in [0.717, 1.165) is 11.1 Å². The minimum absolute atomic E-state index is 0.0297. The third kappa shape index (κ3) is 4.74. The number of amides is 2. The van der Waals surface area contributed by atoms with Gasteiger partial charge in [0.25, 0.3) is 5.91 Å². The molecule has 7 heteroatoms. The van der Waals surface area contributed by atoms with Crippen LogP contribution in [0.2, 0.25) is 0 Å². The predicted octanol–water partition coefficient (Wildman–Crippen LogP) is 3.14. The second kappa shape index (κ2) is 9.63. The van der Waals surface area contributed by atoms with Crippen molar-refractivity contribution in [2.45, 2.75) is 19.9 Å². The lowest BCUT2D eigenvalue weighted by molar-refractivity contribution is 0.0773. The number of piperazine rings is 1. The van der Waals surface area contributed by atoms with E-state index in [0.29, 0.717) is 50.5 Å². The van der Waals surface area contributed by atoms with Crippen molar-refractivity contribution in [2.24, 2.45) is 0 Å². The Bertz CT molecular complexity index is 872. The molecule has 0 bridgehead atoms. The second-order valence-electron chi connectivity index (χ2n) is 7.48. The van der Waals surface area contributed by atoms with Gasteiger partial charge in [0.05, 0.1) is 6.04 Å². The van der Waals surface area contributed by atoms with E-state index in [9.17, 15) is 14.7 Å². The first-order valence-corrected chi connectivity index (χ1v) is 10.4. The number of hydrogen-bond acceptors (Lipinski definition) is 4. The van der Waals surface area contributed by atoms with Crippen LogP contribution < -0.4 is 5.73 Å². The lowest BCUT2D eigenvalue weighted by atomic mass is 9.95. The zero-order chi connectivity index (χ0) is 21.7. The zero-order valence-corrected chi connectivity index (χ0v) is 17.6. The number of anilines is 1. The van der Waals surface area contributed by atoms with E-state index in [-0.39, 0.29) is 11.9 Å². The molecule has 2 amide bonds. The van der Waals surface area contributed by atoms with Crippen LogP contribution in [0.1, 0.15) is 41.4 Å². The Morgan fingerprint density at radius 2 is 1.63 bits per heavy atom. The number of carbonyl (C=O) groups is 2. The lowest BCUT2D eigenvalue weighted by Crippen LogP contribution is -2.49. The fourth-order valence-corrected chi connectivity index (χ4v) is 4.02. The Kier molecular flexibility index (Phi) is 6.95. The van der Waals surface area contributed by atoms with Crippen molar-refractivity contribution in [1.82, 2.24) is 14.7 Å². The van der Waals surface area contributed by atoms with E-state index in [2.05, 4.69) is 4.90 Å². The lowest BCUT2D eigenvalue weighted by Gasteiger charge is -2.39. The number of hydrogen-bond donors (Lipinski definition) is 2. The molecule has 1 heterocycles. The maximum atomic E-state index is 12.6. The van der Waals surface area contributed by atoms with Crippen LogP contribution in [0, 0.1) is 0 Å². The number of carbonyl (C=O) groups excluding carboxylic acids is 1. The Morgan fingerprint density at radius 3 is 2.17 bits per heavy atom. The van der Waals surface area contributed by atoms with Gasteiger partial charge in [-0.25, -0.2) is 4.79 Å². The van der Waals surface area contributed by atoms with Gasteiger partial charge in [-0.3, -0.25) is 9.69 Å². The van der Waals surface area contributed by atoms with Gasteiger partial charge in [-0.15, -0.1) is 0 Å². The number of carboxylic acid groups (broad SMARTS) is 1. The van der Waals surface area contributed by atoms with Crippen LogP contribution in [0.15, 0.2) is 48.5 Å². The topological polar surface area (TPSA) is 90.1 Å². The highest BCUT2D eigenvalue weighted by Gasteiger charge is 2.28. The van der Waals surface area contributed by atoms with Crippen molar-refractivity contribution in [3.63, 3.8) is 0 Å². The first kappa shape index (κ1) is 21.6. The van der Waals surface area contributed by atoms with Crippen molar-refractivity contribution in [1.29, 1.82) is 0 Å². The van der Waals surface area contributed by atoms with Crippen LogP contribution in [-0.2, 0) is 0 Å². The summed E-state index contributed by atoms with van der Waals surface area (Å²) in [6.45, 7) is 7.50. The van der Waals surface area contributed by atoms with Gasteiger partial charge in [-0.2, -0.15) is 0 Å². The molecule has 2 aromatic carbocycles. The molecule has 160 valence electrons. The molecule has 2 aromatic rings. The van der Waals surface area contributed by atoms with Crippen LogP contribution in [0.3, 0.4) is 0 Å². The molecule has 0 saturated carbocycles. The van der Waals surface area contributed by atoms with Gasteiger partial charge in [-0.05, 0) is 49.2 Å². The molecule has 0 radical (unpaired) electrons. The molecule has 1 aliphatic heterocycles. The quantitative estimate of drug-likeness (QED) is 0.714. The molecule has 0 aliphatic carbocycles. The summed E-state index contributed by atoms with van der Waals surface area (Å²) in [5, 5.41) is 9.26. The van der Waals surface area contributed by atoms with E-state index in [1.807, 2.05) is 62.4 Å². The minimum atomic E-state index is -0.880. The molecule has 3 N–H and O–H groups in total. The smallest absolute Gasteiger partial charge is 0.407 e. The normalized spacial score (nSPS) is 15.6. The van der Waals surface area contributed by atoms with Crippen LogP contribution in [0.25, 0.3) is 0 Å². The summed E-state index contributed by atoms with van der Waals surface area (Å²) in [6.07, 6.45) is -0.880. The summed E-state index contributed by atoms with van der Waals surface area (Å²) in [7, 11) is 0. The summed E-state index contributed by atoms with van der Waals surface area (Å²) in [4.78, 5) is 29.4. The summed E-state index contributed by atoms with van der Waals surface area (Å²) >= 11 is 0. The van der Waals surface area contributed by atoms with E-state index in [1.165, 1.54) is 4.90 Å². The SMILES string of the molecule is CCN(CC)C(=O)c1ccc(C(c2cccc(N)c2)N2CCN(C(=O)O)CC2)cc1. The number of nitrogen functional groups attached to an aromatic ring is 1. The van der Waals surface area contributed by atoms with Crippen molar-refractivity contribution in [2.75, 3.05) is 45.0 Å². The summed E-state index contributed by atoms with van der Waals surface area (Å²) in [5.41, 5.74) is 9.51. The van der Waals surface area contributed by atoms with E-state index in [1.54, 1.807) is 4.90 Å². The molecular weight excluding hydrogens is 380 g/mol. The largest absolute Gasteiger partial charge is 0.465 e. The Labute approximate surface area is 177 Å². The zero-order valence-electron chi connectivity index (χ0n) is 17.6. The van der Waals surface area contributed by atoms with E-state index < -0.39 is 6.09 Å². The molecule has 1 saturated heterocycles. The molecule has 0 spiro atoms. The minimum Gasteiger partial charge on any atom is -0.465 e. The standard InChI is InChI=1S/C23H30N4O3/c1-3-25(4-2)22(28)18-10-8-17(9-11-18)21(19-6-5-7-20(24)16-19)26-12-14-27(15-13-26)23(29)30/h5-11,16,21H,3-4,12-15,24H2,1-2H3,(H,29,30). The van der Waals surface area contributed by atoms with Crippen LogP contribution >= 0.6 is 0 Å². The summed E-state index contributed by atoms with van der Waals surface area (Å²) < 4.78 is 0. The number of rotatable bonds is 6. The third-order valence-corrected chi connectivity index (χ3v) is 5.70. The molecule has 30 heavy (non-hydrogen) atoms. The number of nitrogens with two attached hydrogens (primary N) is 1. The monoisotopic (exact) mass is 410 g/mol. The molecule has 1 aliphatic rings. The van der Waals surface area contributed by atoms with Crippen LogP contribution in [0.5, 0.6) is 0 Å². The van der Waals surface area contributed by atoms with Gasteiger partial charge in [-0.1, -0.05) is 24.3 Å². The van der Waals surface area contributed by atoms with Crippen LogP contribution in [0.4, 0.5) is 10.5 Å². The van der Waals surface area contributed by atoms with E-state index >= 15 is 0 Å². The first-order valence-electron chi connectivity index (χ1n) is 10.4. The van der Waals surface area contributed by atoms with Gasteiger partial charge in [0.2, 0.25) is 0 Å². The first-order chi connectivity index (χ1) is 14.4. The fourth-order valence-electron chi connectivity index (χ4n) is 4.02. The van der Waals surface area contributed by atoms with Gasteiger partial charge >= 0.3 is 6.09 Å². The average molecular weight is 411 g/mol. The number of nitrogens with zero attached hydrogens (tertiary/aromatic N) is 3. The highest BCUT2D eigenvalue weighted by Crippen LogP contribution is 2.31. The van der Waals surface area contributed by atoms with E-state index in [4.69, 9.17) is 5.73 Å². The molecule has 1 unspecified atom stereocenters. The Morgan fingerprint density at radius 1 is 1.00 bits per heavy atom. The van der Waals surface area contributed by atoms with Gasteiger partial charge in [0.15, 0.2) is 0 Å². The molecule has 7 nitrogen and oxygen atoms in total. The van der Waals surface area contributed by atoms with Crippen molar-refractivity contribution in [3.05, 3.63) is 65.2 Å². The second-order valence-corrected chi connectivity index (χ2v) is 7.48. The maximum absolute atomic E-state index is 12.6. The highest BCUT2D eigenvalue weighted by atomic mass is 16.4.